The fourth-order valence-corrected chi connectivity index (χ4v) is 9.14. The van der Waals surface area contributed by atoms with Gasteiger partial charge in [0, 0.05) is 7.92 Å². The molecule has 0 aliphatic heterocycles. The SMILES string of the molecule is N#CC(P(c1ccccc1)c1ccccc1)=[P+](c1ccccc1)c1ccccc1. The average molecular weight is 408 g/mol. The Balaban J connectivity index is 2.03. The van der Waals surface area contributed by atoms with Gasteiger partial charge in [0.1, 0.15) is 6.07 Å². The van der Waals surface area contributed by atoms with E-state index in [-0.39, 0.29) is 0 Å². The Hall–Kier alpha value is -3.03. The fraction of sp³-hybridized carbons (Fsp3) is 0. The van der Waals surface area contributed by atoms with Gasteiger partial charge in [0.2, 0.25) is 5.03 Å². The van der Waals surface area contributed by atoms with Crippen LogP contribution in [0, 0.1) is 11.3 Å². The molecule has 0 saturated carbocycles. The van der Waals surface area contributed by atoms with Crippen molar-refractivity contribution in [2.75, 3.05) is 0 Å². The van der Waals surface area contributed by atoms with Crippen molar-refractivity contribution in [3.8, 4) is 6.07 Å². The Kier molecular flexibility index (Phi) is 6.29. The Bertz CT molecular complexity index is 1050. The number of nitriles is 1. The van der Waals surface area contributed by atoms with Crippen molar-refractivity contribution in [2.24, 2.45) is 0 Å². The molecule has 4 aromatic carbocycles. The predicted molar refractivity (Wildman–Crippen MR) is 129 cm³/mol. The summed E-state index contributed by atoms with van der Waals surface area (Å²) in [6.07, 6.45) is 0. The van der Waals surface area contributed by atoms with Gasteiger partial charge in [0.15, 0.2) is 18.2 Å². The Labute approximate surface area is 174 Å². The van der Waals surface area contributed by atoms with E-state index < -0.39 is 15.5 Å². The molecule has 0 bridgehead atoms. The van der Waals surface area contributed by atoms with Gasteiger partial charge in [-0.15, -0.1) is 0 Å². The predicted octanol–water partition coefficient (Wildman–Crippen LogP) is 4.91. The third-order valence-corrected chi connectivity index (χ3v) is 10.1. The molecule has 0 atom stereocenters. The molecule has 0 aromatic heterocycles. The zero-order valence-electron chi connectivity index (χ0n) is 15.9. The Morgan fingerprint density at radius 2 is 0.897 bits per heavy atom. The maximum atomic E-state index is 10.5. The normalized spacial score (nSPS) is 10.3. The van der Waals surface area contributed by atoms with E-state index in [9.17, 15) is 5.26 Å². The summed E-state index contributed by atoms with van der Waals surface area (Å²) in [5.74, 6) is 0. The summed E-state index contributed by atoms with van der Waals surface area (Å²) < 4.78 is 0. The fourth-order valence-electron chi connectivity index (χ4n) is 3.30. The molecular weight excluding hydrogens is 388 g/mol. The maximum Gasteiger partial charge on any atom is 0.237 e. The topological polar surface area (TPSA) is 23.8 Å². The molecule has 1 nitrogen and oxygen atoms in total. The molecule has 0 spiro atoms. The highest BCUT2D eigenvalue weighted by molar-refractivity contribution is 8.01. The lowest BCUT2D eigenvalue weighted by molar-refractivity contribution is 1.56. The molecular formula is C26H20NP2+. The highest BCUT2D eigenvalue weighted by atomic mass is 31.2. The van der Waals surface area contributed by atoms with E-state index in [1.807, 2.05) is 24.3 Å². The van der Waals surface area contributed by atoms with Crippen LogP contribution in [0.25, 0.3) is 0 Å². The quantitative estimate of drug-likeness (QED) is 0.431. The van der Waals surface area contributed by atoms with Crippen LogP contribution in [0.5, 0.6) is 0 Å². The minimum Gasteiger partial charge on any atom is -0.188 e. The van der Waals surface area contributed by atoms with Crippen LogP contribution in [-0.2, 0) is 0 Å². The third-order valence-electron chi connectivity index (χ3n) is 4.58. The van der Waals surface area contributed by atoms with Crippen molar-refractivity contribution in [2.45, 2.75) is 0 Å². The van der Waals surface area contributed by atoms with E-state index in [4.69, 9.17) is 0 Å². The first-order valence-electron chi connectivity index (χ1n) is 9.46. The minimum absolute atomic E-state index is 0.917. The first kappa shape index (κ1) is 19.3. The molecule has 4 rings (SSSR count). The van der Waals surface area contributed by atoms with Gasteiger partial charge in [-0.25, -0.2) is 0 Å². The van der Waals surface area contributed by atoms with Gasteiger partial charge >= 0.3 is 0 Å². The molecule has 0 fully saturated rings. The molecule has 0 saturated heterocycles. The molecule has 0 N–H and O–H groups in total. The van der Waals surface area contributed by atoms with Gasteiger partial charge in [0.05, 0.1) is 0 Å². The van der Waals surface area contributed by atoms with E-state index in [0.717, 1.165) is 5.03 Å². The molecule has 3 heteroatoms. The maximum absolute atomic E-state index is 10.5. The van der Waals surface area contributed by atoms with E-state index in [0.29, 0.717) is 0 Å². The summed E-state index contributed by atoms with van der Waals surface area (Å²) in [6, 6.07) is 44.5. The van der Waals surface area contributed by atoms with Gasteiger partial charge in [-0.2, -0.15) is 5.26 Å². The molecule has 29 heavy (non-hydrogen) atoms. The molecule has 0 aliphatic rings. The largest absolute Gasteiger partial charge is 0.237 e. The van der Waals surface area contributed by atoms with Crippen molar-refractivity contribution in [1.29, 1.82) is 5.26 Å². The lowest BCUT2D eigenvalue weighted by atomic mass is 10.4. The van der Waals surface area contributed by atoms with Crippen LogP contribution in [0.3, 0.4) is 0 Å². The van der Waals surface area contributed by atoms with E-state index >= 15 is 0 Å². The summed E-state index contributed by atoms with van der Waals surface area (Å²) in [7, 11) is -1.83. The van der Waals surface area contributed by atoms with Crippen molar-refractivity contribution in [1.82, 2.24) is 0 Å². The molecule has 138 valence electrons. The zero-order valence-corrected chi connectivity index (χ0v) is 17.7. The molecule has 0 amide bonds. The van der Waals surface area contributed by atoms with Gasteiger partial charge in [0.25, 0.3) is 0 Å². The first-order chi connectivity index (χ1) is 14.4. The summed E-state index contributed by atoms with van der Waals surface area (Å²) in [5.41, 5.74) is 0. The summed E-state index contributed by atoms with van der Waals surface area (Å²) in [6.45, 7) is 0. The van der Waals surface area contributed by atoms with Crippen molar-refractivity contribution in [3.05, 3.63) is 121 Å². The lowest BCUT2D eigenvalue weighted by Gasteiger charge is -2.15. The minimum atomic E-state index is -0.917. The second kappa shape index (κ2) is 9.45. The number of hydrogen-bond donors (Lipinski definition) is 0. The van der Waals surface area contributed by atoms with Crippen molar-refractivity contribution in [3.63, 3.8) is 0 Å². The highest BCUT2D eigenvalue weighted by Gasteiger charge is 2.33. The second-order valence-electron chi connectivity index (χ2n) is 6.45. The summed E-state index contributed by atoms with van der Waals surface area (Å²) in [4.78, 5) is 0. The van der Waals surface area contributed by atoms with Crippen LogP contribution in [-0.4, -0.2) is 5.03 Å². The highest BCUT2D eigenvalue weighted by Crippen LogP contribution is 2.43. The third kappa shape index (κ3) is 4.36. The number of rotatable bonds is 5. The monoisotopic (exact) mass is 408 g/mol. The second-order valence-corrected chi connectivity index (χ2v) is 11.1. The van der Waals surface area contributed by atoms with Crippen molar-refractivity contribution < 1.29 is 0 Å². The Morgan fingerprint density at radius 3 is 1.24 bits per heavy atom. The van der Waals surface area contributed by atoms with Gasteiger partial charge in [-0.05, 0) is 34.9 Å². The van der Waals surface area contributed by atoms with Gasteiger partial charge in [-0.1, -0.05) is 97.1 Å². The van der Waals surface area contributed by atoms with Crippen LogP contribution in [0.4, 0.5) is 0 Å². The van der Waals surface area contributed by atoms with Gasteiger partial charge < -0.3 is 0 Å². The van der Waals surface area contributed by atoms with E-state index in [2.05, 4.69) is 103 Å². The zero-order chi connectivity index (χ0) is 19.9. The molecule has 0 unspecified atom stereocenters. The summed E-state index contributed by atoms with van der Waals surface area (Å²) in [5, 5.41) is 16.3. The van der Waals surface area contributed by atoms with Crippen LogP contribution < -0.4 is 21.2 Å². The molecule has 0 aliphatic carbocycles. The summed E-state index contributed by atoms with van der Waals surface area (Å²) >= 11 is 0. The van der Waals surface area contributed by atoms with E-state index in [1.54, 1.807) is 0 Å². The first-order valence-corrected chi connectivity index (χ1v) is 12.1. The van der Waals surface area contributed by atoms with Crippen molar-refractivity contribution >= 4 is 41.7 Å². The smallest absolute Gasteiger partial charge is 0.188 e. The average Bonchev–Trinajstić information content (AvgIpc) is 2.81. The molecule has 0 radical (unpaired) electrons. The molecule has 0 heterocycles. The Morgan fingerprint density at radius 1 is 0.552 bits per heavy atom. The van der Waals surface area contributed by atoms with E-state index in [1.165, 1.54) is 21.2 Å². The number of hydrogen-bond acceptors (Lipinski definition) is 1. The van der Waals surface area contributed by atoms with Crippen LogP contribution >= 0.6 is 15.5 Å². The number of benzene rings is 4. The van der Waals surface area contributed by atoms with Crippen LogP contribution in [0.1, 0.15) is 0 Å². The van der Waals surface area contributed by atoms with Gasteiger partial charge in [-0.3, -0.25) is 0 Å². The van der Waals surface area contributed by atoms with Crippen LogP contribution in [0.15, 0.2) is 121 Å². The molecule has 4 aromatic rings. The van der Waals surface area contributed by atoms with Crippen LogP contribution in [0.2, 0.25) is 0 Å². The lowest BCUT2D eigenvalue weighted by Crippen LogP contribution is -2.20. The standard InChI is InChI=1S/C26H20NP2/c27-21-26(28(22-13-5-1-6-14-22)23-15-7-2-8-16-23)29(24-17-9-3-10-18-24)25-19-11-4-12-20-25/h1-20H/q+1. The number of nitrogens with zero attached hydrogens (tertiary/aromatic N) is 1.